The molecule has 3 aromatic rings. The number of nitrogens with zero attached hydrogens (tertiary/aromatic N) is 2. The van der Waals surface area contributed by atoms with E-state index in [1.165, 1.54) is 16.7 Å². The summed E-state index contributed by atoms with van der Waals surface area (Å²) in [4.78, 5) is 20.6. The molecule has 0 radical (unpaired) electrons. The fourth-order valence-corrected chi connectivity index (χ4v) is 4.32. The van der Waals surface area contributed by atoms with Crippen molar-refractivity contribution in [2.24, 2.45) is 4.99 Å². The maximum atomic E-state index is 13.7. The zero-order chi connectivity index (χ0) is 23.1. The van der Waals surface area contributed by atoms with E-state index < -0.39 is 0 Å². The van der Waals surface area contributed by atoms with Gasteiger partial charge in [-0.15, -0.1) is 0 Å². The molecule has 0 saturated carbocycles. The highest BCUT2D eigenvalue weighted by atomic mass is 35.5. The third-order valence-corrected chi connectivity index (χ3v) is 6.01. The molecule has 8 heteroatoms. The van der Waals surface area contributed by atoms with Crippen LogP contribution in [0.4, 0.5) is 5.69 Å². The van der Waals surface area contributed by atoms with Crippen molar-refractivity contribution in [1.82, 2.24) is 0 Å². The number of aliphatic imine (C=N–C) groups is 1. The van der Waals surface area contributed by atoms with E-state index in [0.717, 1.165) is 4.90 Å². The fraction of sp³-hybridized carbons (Fsp3) is 0.167. The second kappa shape index (κ2) is 11.3. The quantitative estimate of drug-likeness (QED) is 0.217. The number of halogens is 2. The van der Waals surface area contributed by atoms with Crippen molar-refractivity contribution < 1.29 is 14.3 Å². The average Bonchev–Trinajstić information content (AvgIpc) is 2.80. The van der Waals surface area contributed by atoms with Crippen molar-refractivity contribution in [3.63, 3.8) is 0 Å². The van der Waals surface area contributed by atoms with E-state index in [1.54, 1.807) is 50.6 Å². The van der Waals surface area contributed by atoms with Crippen LogP contribution in [0.1, 0.15) is 17.3 Å². The molecule has 0 fully saturated rings. The molecule has 0 aliphatic rings. The summed E-state index contributed by atoms with van der Waals surface area (Å²) in [6.45, 7) is 2.38. The Morgan fingerprint density at radius 1 is 1.03 bits per heavy atom. The summed E-state index contributed by atoms with van der Waals surface area (Å²) >= 11 is 13.8. The van der Waals surface area contributed by atoms with Crippen molar-refractivity contribution >= 4 is 51.7 Å². The number of rotatable bonds is 6. The Bertz CT molecular complexity index is 1120. The highest BCUT2D eigenvalue weighted by Crippen LogP contribution is 2.35. The largest absolute Gasteiger partial charge is 0.493 e. The molecule has 1 amide bonds. The third kappa shape index (κ3) is 5.57. The molecule has 0 aliphatic carbocycles. The first-order valence-electron chi connectivity index (χ1n) is 9.78. The minimum Gasteiger partial charge on any atom is -0.493 e. The predicted molar refractivity (Wildman–Crippen MR) is 133 cm³/mol. The van der Waals surface area contributed by atoms with Crippen LogP contribution in [0.25, 0.3) is 0 Å². The fourth-order valence-electron chi connectivity index (χ4n) is 2.95. The topological polar surface area (TPSA) is 51.1 Å². The lowest BCUT2D eigenvalue weighted by atomic mass is 10.1. The molecule has 166 valence electrons. The number of benzene rings is 3. The zero-order valence-electron chi connectivity index (χ0n) is 17.8. The molecule has 0 aromatic heterocycles. The number of amidine groups is 1. The predicted octanol–water partition coefficient (Wildman–Crippen LogP) is 6.83. The Balaban J connectivity index is 2.11. The summed E-state index contributed by atoms with van der Waals surface area (Å²) in [6.07, 6.45) is 0. The second-order valence-electron chi connectivity index (χ2n) is 6.45. The van der Waals surface area contributed by atoms with Gasteiger partial charge in [-0.1, -0.05) is 53.2 Å². The van der Waals surface area contributed by atoms with Gasteiger partial charge in [-0.3, -0.25) is 14.7 Å². The molecule has 0 heterocycles. The number of thioether (sulfide) groups is 1. The monoisotopic (exact) mass is 488 g/mol. The van der Waals surface area contributed by atoms with E-state index in [4.69, 9.17) is 32.7 Å². The lowest BCUT2D eigenvalue weighted by Gasteiger charge is -2.25. The van der Waals surface area contributed by atoms with E-state index in [0.29, 0.717) is 39.5 Å². The van der Waals surface area contributed by atoms with Gasteiger partial charge in [0.2, 0.25) is 0 Å². The molecule has 0 atom stereocenters. The number of ether oxygens (including phenoxy) is 2. The van der Waals surface area contributed by atoms with Crippen LogP contribution in [0, 0.1) is 0 Å². The number of amides is 1. The Kier molecular flexibility index (Phi) is 8.45. The number of hydrogen-bond donors (Lipinski definition) is 0. The molecule has 0 N–H and O–H groups in total. The Hall–Kier alpha value is -2.67. The van der Waals surface area contributed by atoms with E-state index in [9.17, 15) is 4.79 Å². The van der Waals surface area contributed by atoms with Crippen molar-refractivity contribution in [1.29, 1.82) is 0 Å². The SMILES string of the molecule is CCOc1ccc(N(C(=O)c2ccc(Cl)cc2Cl)C(=NC)Sc2ccccc2)cc1OC. The zero-order valence-corrected chi connectivity index (χ0v) is 20.2. The van der Waals surface area contributed by atoms with Gasteiger partial charge in [0.15, 0.2) is 16.7 Å². The summed E-state index contributed by atoms with van der Waals surface area (Å²) in [6, 6.07) is 19.8. The van der Waals surface area contributed by atoms with Crippen molar-refractivity contribution in [3.05, 3.63) is 82.3 Å². The van der Waals surface area contributed by atoms with Crippen molar-refractivity contribution in [2.45, 2.75) is 11.8 Å². The highest BCUT2D eigenvalue weighted by Gasteiger charge is 2.26. The van der Waals surface area contributed by atoms with E-state index in [1.807, 2.05) is 37.3 Å². The summed E-state index contributed by atoms with van der Waals surface area (Å²) in [5.41, 5.74) is 0.865. The molecule has 3 aromatic carbocycles. The van der Waals surface area contributed by atoms with Crippen LogP contribution in [0.3, 0.4) is 0 Å². The van der Waals surface area contributed by atoms with Crippen LogP contribution in [0.15, 0.2) is 76.6 Å². The molecule has 0 unspecified atom stereocenters. The lowest BCUT2D eigenvalue weighted by Crippen LogP contribution is -2.35. The van der Waals surface area contributed by atoms with E-state index in [-0.39, 0.29) is 10.9 Å². The van der Waals surface area contributed by atoms with Gasteiger partial charge in [0, 0.05) is 23.0 Å². The molecule has 5 nitrogen and oxygen atoms in total. The van der Waals surface area contributed by atoms with Gasteiger partial charge >= 0.3 is 0 Å². The normalized spacial score (nSPS) is 11.2. The smallest absolute Gasteiger partial charge is 0.265 e. The summed E-state index contributed by atoms with van der Waals surface area (Å²) in [5, 5.41) is 1.17. The number of anilines is 1. The van der Waals surface area contributed by atoms with Crippen LogP contribution in [-0.2, 0) is 0 Å². The highest BCUT2D eigenvalue weighted by molar-refractivity contribution is 8.14. The molecule has 0 bridgehead atoms. The molecular formula is C24H22Cl2N2O3S. The van der Waals surface area contributed by atoms with Gasteiger partial charge in [-0.25, -0.2) is 0 Å². The van der Waals surface area contributed by atoms with Gasteiger partial charge in [0.25, 0.3) is 5.91 Å². The molecule has 3 rings (SSSR count). The first kappa shape index (κ1) is 24.0. The number of methoxy groups -OCH3 is 1. The summed E-state index contributed by atoms with van der Waals surface area (Å²) in [7, 11) is 3.19. The van der Waals surface area contributed by atoms with E-state index in [2.05, 4.69) is 4.99 Å². The minimum atomic E-state index is -0.345. The molecule has 0 aliphatic heterocycles. The molecule has 32 heavy (non-hydrogen) atoms. The van der Waals surface area contributed by atoms with Crippen LogP contribution in [-0.4, -0.2) is 31.8 Å². The molecular weight excluding hydrogens is 467 g/mol. The van der Waals surface area contributed by atoms with Crippen LogP contribution < -0.4 is 14.4 Å². The lowest BCUT2D eigenvalue weighted by molar-refractivity contribution is 0.100. The number of carbonyl (C=O) groups excluding carboxylic acids is 1. The van der Waals surface area contributed by atoms with Crippen LogP contribution in [0.2, 0.25) is 10.0 Å². The summed E-state index contributed by atoms with van der Waals surface area (Å²) in [5.74, 6) is 0.743. The van der Waals surface area contributed by atoms with Crippen LogP contribution >= 0.6 is 35.0 Å². The number of hydrogen-bond acceptors (Lipinski definition) is 5. The van der Waals surface area contributed by atoms with Crippen molar-refractivity contribution in [3.8, 4) is 11.5 Å². The Morgan fingerprint density at radius 3 is 2.41 bits per heavy atom. The van der Waals surface area contributed by atoms with Crippen molar-refractivity contribution in [2.75, 3.05) is 25.7 Å². The van der Waals surface area contributed by atoms with Crippen LogP contribution in [0.5, 0.6) is 11.5 Å². The van der Waals surface area contributed by atoms with Gasteiger partial charge < -0.3 is 9.47 Å². The average molecular weight is 489 g/mol. The maximum Gasteiger partial charge on any atom is 0.265 e. The van der Waals surface area contributed by atoms with Gasteiger partial charge in [0.05, 0.1) is 30.0 Å². The standard InChI is InChI=1S/C24H22Cl2N2O3S/c1-4-31-21-13-11-17(15-22(21)30-3)28(23(29)19-12-10-16(25)14-20(19)26)24(27-2)32-18-8-6-5-7-9-18/h5-15H,4H2,1-3H3. The molecule has 0 spiro atoms. The first-order chi connectivity index (χ1) is 15.5. The maximum absolute atomic E-state index is 13.7. The van der Waals surface area contributed by atoms with Gasteiger partial charge in [-0.05, 0) is 49.4 Å². The molecule has 0 saturated heterocycles. The second-order valence-corrected chi connectivity index (χ2v) is 8.34. The Labute approximate surface area is 202 Å². The summed E-state index contributed by atoms with van der Waals surface area (Å²) < 4.78 is 11.1. The minimum absolute atomic E-state index is 0.255. The first-order valence-corrected chi connectivity index (χ1v) is 11.4. The van der Waals surface area contributed by atoms with Gasteiger partial charge in [-0.2, -0.15) is 0 Å². The number of carbonyl (C=O) groups is 1. The Morgan fingerprint density at radius 2 is 1.78 bits per heavy atom. The van der Waals surface area contributed by atoms with Gasteiger partial charge in [0.1, 0.15) is 0 Å². The third-order valence-electron chi connectivity index (χ3n) is 4.40. The van der Waals surface area contributed by atoms with E-state index >= 15 is 0 Å².